The molecule has 120 valence electrons. The number of nitrogens with zero attached hydrogens (tertiary/aromatic N) is 4. The summed E-state index contributed by atoms with van der Waals surface area (Å²) < 4.78 is 4.09. The van der Waals surface area contributed by atoms with Crippen molar-refractivity contribution in [3.8, 4) is 0 Å². The molecular weight excluding hydrogens is 272 g/mol. The van der Waals surface area contributed by atoms with Crippen LogP contribution in [-0.4, -0.2) is 19.6 Å². The zero-order valence-electron chi connectivity index (χ0n) is 14.7. The van der Waals surface area contributed by atoms with Gasteiger partial charge >= 0.3 is 0 Å². The Kier molecular flexibility index (Phi) is 3.87. The lowest BCUT2D eigenvalue weighted by Crippen LogP contribution is -2.09. The summed E-state index contributed by atoms with van der Waals surface area (Å²) in [5, 5.41) is 9.37. The highest BCUT2D eigenvalue weighted by molar-refractivity contribution is 5.33. The normalized spacial score (nSPS) is 19.0. The Hall–Kier alpha value is -1.58. The third-order valence-electron chi connectivity index (χ3n) is 5.15. The van der Waals surface area contributed by atoms with E-state index in [1.54, 1.807) is 0 Å². The highest BCUT2D eigenvalue weighted by Crippen LogP contribution is 2.36. The van der Waals surface area contributed by atoms with Crippen LogP contribution in [0.15, 0.2) is 6.07 Å². The molecule has 0 N–H and O–H groups in total. The molecule has 1 aliphatic rings. The number of hydrogen-bond donors (Lipinski definition) is 0. The van der Waals surface area contributed by atoms with E-state index in [1.807, 2.05) is 11.7 Å². The molecule has 0 radical (unpaired) electrons. The smallest absolute Gasteiger partial charge is 0.0684 e. The minimum absolute atomic E-state index is 0.518. The van der Waals surface area contributed by atoms with Crippen LogP contribution in [0, 0.1) is 12.8 Å². The summed E-state index contributed by atoms with van der Waals surface area (Å²) in [7, 11) is 4.12. The van der Waals surface area contributed by atoms with Gasteiger partial charge in [-0.15, -0.1) is 0 Å². The Balaban J connectivity index is 1.72. The van der Waals surface area contributed by atoms with Gasteiger partial charge in [0.15, 0.2) is 0 Å². The molecule has 4 nitrogen and oxygen atoms in total. The van der Waals surface area contributed by atoms with Crippen molar-refractivity contribution in [3.63, 3.8) is 0 Å². The molecule has 4 heteroatoms. The van der Waals surface area contributed by atoms with E-state index in [0.29, 0.717) is 11.8 Å². The Morgan fingerprint density at radius 1 is 1.14 bits per heavy atom. The average Bonchev–Trinajstić information content (AvgIpc) is 3.07. The van der Waals surface area contributed by atoms with Crippen molar-refractivity contribution in [1.82, 2.24) is 19.6 Å². The average molecular weight is 300 g/mol. The molecule has 0 amide bonds. The molecule has 0 aromatic carbocycles. The van der Waals surface area contributed by atoms with Crippen LogP contribution >= 0.6 is 0 Å². The molecule has 0 bridgehead atoms. The molecule has 0 saturated heterocycles. The molecule has 2 aromatic rings. The zero-order chi connectivity index (χ0) is 16.0. The highest BCUT2D eigenvalue weighted by Gasteiger charge is 2.30. The molecule has 0 aliphatic heterocycles. The third-order valence-corrected chi connectivity index (χ3v) is 5.15. The van der Waals surface area contributed by atoms with Crippen LogP contribution in [0.25, 0.3) is 0 Å². The summed E-state index contributed by atoms with van der Waals surface area (Å²) in [6.45, 7) is 8.92. The Morgan fingerprint density at radius 3 is 2.45 bits per heavy atom. The van der Waals surface area contributed by atoms with Gasteiger partial charge in [-0.25, -0.2) is 0 Å². The van der Waals surface area contributed by atoms with Crippen LogP contribution in [0.5, 0.6) is 0 Å². The minimum atomic E-state index is 0.518. The van der Waals surface area contributed by atoms with Crippen molar-refractivity contribution in [2.45, 2.75) is 58.8 Å². The van der Waals surface area contributed by atoms with Crippen molar-refractivity contribution in [2.75, 3.05) is 0 Å². The molecular formula is C18H28N4. The van der Waals surface area contributed by atoms with E-state index < -0.39 is 0 Å². The number of rotatable bonds is 4. The van der Waals surface area contributed by atoms with Crippen LogP contribution < -0.4 is 0 Å². The summed E-state index contributed by atoms with van der Waals surface area (Å²) >= 11 is 0. The van der Waals surface area contributed by atoms with Gasteiger partial charge in [0.25, 0.3) is 0 Å². The van der Waals surface area contributed by atoms with Crippen LogP contribution in [0.2, 0.25) is 0 Å². The van der Waals surface area contributed by atoms with E-state index in [0.717, 1.165) is 5.92 Å². The maximum Gasteiger partial charge on any atom is 0.0684 e. The molecule has 2 unspecified atom stereocenters. The molecule has 0 fully saturated rings. The first-order valence-electron chi connectivity index (χ1n) is 8.42. The number of aryl methyl sites for hydroxylation is 3. The monoisotopic (exact) mass is 300 g/mol. The fourth-order valence-corrected chi connectivity index (χ4v) is 3.82. The number of aromatic nitrogens is 4. The standard InChI is InChI=1S/C18H28N4/c1-11(2)18-15-9-14(10-17(15)22(6)20-18)7-12(3)16-8-13(4)21(5)19-16/h8,11-12,14H,7,9-10H2,1-6H3. The summed E-state index contributed by atoms with van der Waals surface area (Å²) in [4.78, 5) is 0. The fourth-order valence-electron chi connectivity index (χ4n) is 3.82. The second kappa shape index (κ2) is 5.56. The van der Waals surface area contributed by atoms with Crippen molar-refractivity contribution in [1.29, 1.82) is 0 Å². The van der Waals surface area contributed by atoms with E-state index in [2.05, 4.69) is 50.6 Å². The van der Waals surface area contributed by atoms with E-state index in [1.165, 1.54) is 47.6 Å². The molecule has 1 aliphatic carbocycles. The summed E-state index contributed by atoms with van der Waals surface area (Å²) in [6.07, 6.45) is 3.57. The van der Waals surface area contributed by atoms with E-state index in [-0.39, 0.29) is 0 Å². The number of hydrogen-bond acceptors (Lipinski definition) is 2. The SMILES string of the molecule is Cc1cc(C(C)CC2Cc3c(C(C)C)nn(C)c3C2)nn1C. The molecule has 2 atom stereocenters. The lowest BCUT2D eigenvalue weighted by molar-refractivity contribution is 0.449. The van der Waals surface area contributed by atoms with Gasteiger partial charge in [0.1, 0.15) is 0 Å². The van der Waals surface area contributed by atoms with Crippen LogP contribution in [-0.2, 0) is 26.9 Å². The first-order valence-corrected chi connectivity index (χ1v) is 8.42. The summed E-state index contributed by atoms with van der Waals surface area (Å²) in [5.41, 5.74) is 6.76. The lowest BCUT2D eigenvalue weighted by atomic mass is 9.91. The van der Waals surface area contributed by atoms with Crippen molar-refractivity contribution < 1.29 is 0 Å². The van der Waals surface area contributed by atoms with Crippen molar-refractivity contribution >= 4 is 0 Å². The van der Waals surface area contributed by atoms with E-state index in [9.17, 15) is 0 Å². The Morgan fingerprint density at radius 2 is 1.86 bits per heavy atom. The molecule has 0 saturated carbocycles. The first-order chi connectivity index (χ1) is 10.4. The van der Waals surface area contributed by atoms with Gasteiger partial charge in [-0.3, -0.25) is 9.36 Å². The second-order valence-electron chi connectivity index (χ2n) is 7.33. The van der Waals surface area contributed by atoms with Gasteiger partial charge in [-0.1, -0.05) is 20.8 Å². The predicted molar refractivity (Wildman–Crippen MR) is 89.2 cm³/mol. The van der Waals surface area contributed by atoms with Gasteiger partial charge in [-0.05, 0) is 49.7 Å². The highest BCUT2D eigenvalue weighted by atomic mass is 15.3. The molecule has 3 rings (SSSR count). The lowest BCUT2D eigenvalue weighted by Gasteiger charge is -2.15. The van der Waals surface area contributed by atoms with E-state index >= 15 is 0 Å². The molecule has 2 heterocycles. The predicted octanol–water partition coefficient (Wildman–Crippen LogP) is 3.49. The number of fused-ring (bicyclic) bond motifs is 1. The van der Waals surface area contributed by atoms with Crippen LogP contribution in [0.1, 0.15) is 67.4 Å². The second-order valence-corrected chi connectivity index (χ2v) is 7.33. The van der Waals surface area contributed by atoms with E-state index in [4.69, 9.17) is 5.10 Å². The summed E-state index contributed by atoms with van der Waals surface area (Å²) in [6, 6.07) is 2.23. The largest absolute Gasteiger partial charge is 0.273 e. The van der Waals surface area contributed by atoms with Gasteiger partial charge in [0.05, 0.1) is 11.4 Å². The van der Waals surface area contributed by atoms with Gasteiger partial charge in [0.2, 0.25) is 0 Å². The summed E-state index contributed by atoms with van der Waals surface area (Å²) in [5.74, 6) is 1.77. The van der Waals surface area contributed by atoms with Gasteiger partial charge < -0.3 is 0 Å². The fraction of sp³-hybridized carbons (Fsp3) is 0.667. The molecule has 22 heavy (non-hydrogen) atoms. The van der Waals surface area contributed by atoms with Crippen molar-refractivity contribution in [3.05, 3.63) is 34.4 Å². The molecule has 2 aromatic heterocycles. The van der Waals surface area contributed by atoms with Crippen LogP contribution in [0.4, 0.5) is 0 Å². The molecule has 0 spiro atoms. The zero-order valence-corrected chi connectivity index (χ0v) is 14.7. The Bertz CT molecular complexity index is 658. The quantitative estimate of drug-likeness (QED) is 0.866. The first kappa shape index (κ1) is 15.3. The topological polar surface area (TPSA) is 35.6 Å². The maximum atomic E-state index is 4.72. The van der Waals surface area contributed by atoms with Crippen LogP contribution in [0.3, 0.4) is 0 Å². The van der Waals surface area contributed by atoms with Gasteiger partial charge in [-0.2, -0.15) is 10.2 Å². The van der Waals surface area contributed by atoms with Gasteiger partial charge in [0, 0.05) is 31.4 Å². The Labute approximate surface area is 133 Å². The third kappa shape index (κ3) is 2.59. The van der Waals surface area contributed by atoms with Crippen molar-refractivity contribution in [2.24, 2.45) is 20.0 Å². The minimum Gasteiger partial charge on any atom is -0.273 e. The maximum absolute atomic E-state index is 4.72.